The van der Waals surface area contributed by atoms with Gasteiger partial charge in [-0.25, -0.2) is 13.1 Å². The van der Waals surface area contributed by atoms with E-state index < -0.39 is 15.6 Å². The lowest BCUT2D eigenvalue weighted by atomic mass is 9.96. The van der Waals surface area contributed by atoms with Gasteiger partial charge in [-0.3, -0.25) is 0 Å². The van der Waals surface area contributed by atoms with E-state index in [4.69, 9.17) is 9.47 Å². The first-order valence-electron chi connectivity index (χ1n) is 7.33. The fourth-order valence-corrected chi connectivity index (χ4v) is 4.04. The van der Waals surface area contributed by atoms with Crippen molar-refractivity contribution in [3.63, 3.8) is 0 Å². The van der Waals surface area contributed by atoms with Gasteiger partial charge in [0.15, 0.2) is 11.5 Å². The fraction of sp³-hybridized carbons (Fsp3) is 0.294. The first kappa shape index (κ1) is 15.8. The molecule has 0 bridgehead atoms. The van der Waals surface area contributed by atoms with Gasteiger partial charge in [0.1, 0.15) is 0 Å². The zero-order chi connectivity index (χ0) is 16.5. The van der Waals surface area contributed by atoms with Crippen molar-refractivity contribution >= 4 is 10.0 Å². The van der Waals surface area contributed by atoms with Gasteiger partial charge in [0.05, 0.1) is 4.90 Å². The molecule has 23 heavy (non-hydrogen) atoms. The second-order valence-corrected chi connectivity index (χ2v) is 7.85. The van der Waals surface area contributed by atoms with Crippen LogP contribution in [0.3, 0.4) is 0 Å². The predicted octanol–water partition coefficient (Wildman–Crippen LogP) is 2.71. The van der Waals surface area contributed by atoms with Crippen molar-refractivity contribution in [3.05, 3.63) is 54.1 Å². The molecular formula is C17H19NO4S. The number of nitrogens with one attached hydrogen (secondary N) is 1. The minimum Gasteiger partial charge on any atom is -0.454 e. The Morgan fingerprint density at radius 1 is 1.04 bits per heavy atom. The predicted molar refractivity (Wildman–Crippen MR) is 87.1 cm³/mol. The Labute approximate surface area is 136 Å². The molecule has 0 radical (unpaired) electrons. The van der Waals surface area contributed by atoms with Crippen molar-refractivity contribution < 1.29 is 17.9 Å². The zero-order valence-electron chi connectivity index (χ0n) is 13.1. The summed E-state index contributed by atoms with van der Waals surface area (Å²) in [5, 5.41) is 0. The van der Waals surface area contributed by atoms with Gasteiger partial charge in [-0.05, 0) is 38.0 Å². The van der Waals surface area contributed by atoms with Gasteiger partial charge in [-0.2, -0.15) is 0 Å². The molecule has 0 unspecified atom stereocenters. The molecule has 1 heterocycles. The van der Waals surface area contributed by atoms with Gasteiger partial charge >= 0.3 is 0 Å². The molecule has 0 atom stereocenters. The Hall–Kier alpha value is -2.05. The number of ether oxygens (including phenoxy) is 2. The molecule has 0 saturated heterocycles. The van der Waals surface area contributed by atoms with E-state index in [0.717, 1.165) is 5.56 Å². The fourth-order valence-electron chi connectivity index (χ4n) is 2.61. The molecule has 122 valence electrons. The largest absolute Gasteiger partial charge is 0.454 e. The maximum absolute atomic E-state index is 12.6. The Kier molecular flexibility index (Phi) is 4.04. The van der Waals surface area contributed by atoms with Gasteiger partial charge in [-0.15, -0.1) is 0 Å². The third kappa shape index (κ3) is 3.65. The molecule has 3 rings (SSSR count). The number of sulfonamides is 1. The molecule has 0 aromatic heterocycles. The summed E-state index contributed by atoms with van der Waals surface area (Å²) in [5.41, 5.74) is 0.460. The van der Waals surface area contributed by atoms with Crippen LogP contribution in [-0.4, -0.2) is 20.7 Å². The van der Waals surface area contributed by atoms with Crippen molar-refractivity contribution in [3.8, 4) is 11.5 Å². The second-order valence-electron chi connectivity index (χ2n) is 6.17. The van der Waals surface area contributed by atoms with Crippen LogP contribution in [0.5, 0.6) is 11.5 Å². The molecule has 0 saturated carbocycles. The molecule has 1 N–H and O–H groups in total. The Morgan fingerprint density at radius 2 is 1.74 bits per heavy atom. The van der Waals surface area contributed by atoms with E-state index in [0.29, 0.717) is 17.9 Å². The molecule has 5 nitrogen and oxygen atoms in total. The molecule has 1 aliphatic heterocycles. The topological polar surface area (TPSA) is 64.6 Å². The lowest BCUT2D eigenvalue weighted by Gasteiger charge is -2.26. The Balaban J connectivity index is 1.80. The van der Waals surface area contributed by atoms with Crippen LogP contribution >= 0.6 is 0 Å². The number of benzene rings is 2. The summed E-state index contributed by atoms with van der Waals surface area (Å²) >= 11 is 0. The number of hydrogen-bond acceptors (Lipinski definition) is 4. The molecule has 0 fully saturated rings. The van der Waals surface area contributed by atoms with Crippen molar-refractivity contribution in [1.82, 2.24) is 4.72 Å². The molecule has 1 aliphatic rings. The first-order chi connectivity index (χ1) is 10.9. The van der Waals surface area contributed by atoms with Crippen LogP contribution in [0.2, 0.25) is 0 Å². The van der Waals surface area contributed by atoms with E-state index in [1.807, 2.05) is 44.2 Å². The summed E-state index contributed by atoms with van der Waals surface area (Å²) < 4.78 is 38.5. The van der Waals surface area contributed by atoms with E-state index >= 15 is 0 Å². The van der Waals surface area contributed by atoms with E-state index in [1.54, 1.807) is 6.07 Å². The van der Waals surface area contributed by atoms with Crippen LogP contribution in [0.25, 0.3) is 0 Å². The highest BCUT2D eigenvalue weighted by molar-refractivity contribution is 7.89. The molecule has 0 spiro atoms. The molecular weight excluding hydrogens is 314 g/mol. The van der Waals surface area contributed by atoms with Gasteiger partial charge in [0.2, 0.25) is 16.8 Å². The van der Waals surface area contributed by atoms with Gasteiger partial charge in [-0.1, -0.05) is 30.3 Å². The summed E-state index contributed by atoms with van der Waals surface area (Å²) in [7, 11) is -3.65. The third-order valence-corrected chi connectivity index (χ3v) is 5.25. The maximum Gasteiger partial charge on any atom is 0.241 e. The standard InChI is InChI=1S/C17H19NO4S/c1-17(2,11-13-6-4-3-5-7-13)18-23(19,20)14-8-9-15-16(10-14)22-12-21-15/h3-10,18H,11-12H2,1-2H3. The van der Waals surface area contributed by atoms with E-state index in [-0.39, 0.29) is 11.7 Å². The monoisotopic (exact) mass is 333 g/mol. The zero-order valence-corrected chi connectivity index (χ0v) is 13.9. The normalized spacial score (nSPS) is 14.0. The highest BCUT2D eigenvalue weighted by Crippen LogP contribution is 2.34. The highest BCUT2D eigenvalue weighted by atomic mass is 32.2. The summed E-state index contributed by atoms with van der Waals surface area (Å²) in [6.07, 6.45) is 0.595. The SMILES string of the molecule is CC(C)(Cc1ccccc1)NS(=O)(=O)c1ccc2c(c1)OCO2. The molecule has 6 heteroatoms. The summed E-state index contributed by atoms with van der Waals surface area (Å²) in [6, 6.07) is 14.4. The maximum atomic E-state index is 12.6. The minimum atomic E-state index is -3.65. The number of fused-ring (bicyclic) bond motifs is 1. The third-order valence-electron chi connectivity index (χ3n) is 3.55. The molecule has 0 amide bonds. The van der Waals surface area contributed by atoms with Crippen LogP contribution in [-0.2, 0) is 16.4 Å². The smallest absolute Gasteiger partial charge is 0.241 e. The van der Waals surface area contributed by atoms with Crippen LogP contribution in [0.1, 0.15) is 19.4 Å². The molecule has 0 aliphatic carbocycles. The molecule has 2 aromatic rings. The van der Waals surface area contributed by atoms with Crippen molar-refractivity contribution in [2.75, 3.05) is 6.79 Å². The number of rotatable bonds is 5. The lowest BCUT2D eigenvalue weighted by molar-refractivity contribution is 0.174. The highest BCUT2D eigenvalue weighted by Gasteiger charge is 2.28. The number of hydrogen-bond donors (Lipinski definition) is 1. The minimum absolute atomic E-state index is 0.117. The van der Waals surface area contributed by atoms with Crippen molar-refractivity contribution in [2.45, 2.75) is 30.7 Å². The van der Waals surface area contributed by atoms with Crippen LogP contribution in [0.15, 0.2) is 53.4 Å². The summed E-state index contributed by atoms with van der Waals surface area (Å²) in [5.74, 6) is 1.02. The van der Waals surface area contributed by atoms with Gasteiger partial charge in [0, 0.05) is 11.6 Å². The van der Waals surface area contributed by atoms with E-state index in [2.05, 4.69) is 4.72 Å². The summed E-state index contributed by atoms with van der Waals surface area (Å²) in [6.45, 7) is 3.85. The van der Waals surface area contributed by atoms with Crippen molar-refractivity contribution in [1.29, 1.82) is 0 Å². The molecule has 2 aromatic carbocycles. The second kappa shape index (κ2) is 5.86. The van der Waals surface area contributed by atoms with Crippen LogP contribution in [0, 0.1) is 0 Å². The van der Waals surface area contributed by atoms with Crippen LogP contribution < -0.4 is 14.2 Å². The quantitative estimate of drug-likeness (QED) is 0.914. The summed E-state index contributed by atoms with van der Waals surface area (Å²) in [4.78, 5) is 0.169. The van der Waals surface area contributed by atoms with E-state index in [9.17, 15) is 8.42 Å². The average molecular weight is 333 g/mol. The van der Waals surface area contributed by atoms with Crippen LogP contribution in [0.4, 0.5) is 0 Å². The Bertz CT molecular complexity index is 801. The average Bonchev–Trinajstić information content (AvgIpc) is 2.94. The van der Waals surface area contributed by atoms with Gasteiger partial charge < -0.3 is 9.47 Å². The lowest BCUT2D eigenvalue weighted by Crippen LogP contribution is -2.44. The van der Waals surface area contributed by atoms with E-state index in [1.165, 1.54) is 12.1 Å². The first-order valence-corrected chi connectivity index (χ1v) is 8.82. The Morgan fingerprint density at radius 3 is 2.48 bits per heavy atom. The van der Waals surface area contributed by atoms with Crippen molar-refractivity contribution in [2.24, 2.45) is 0 Å². The van der Waals surface area contributed by atoms with Gasteiger partial charge in [0.25, 0.3) is 0 Å².